The number of rotatable bonds is 18. The number of nitrogens with zero attached hydrogens (tertiary/aromatic N) is 2. The summed E-state index contributed by atoms with van der Waals surface area (Å²) in [6.07, 6.45) is 3.02. The van der Waals surface area contributed by atoms with Crippen molar-refractivity contribution in [2.45, 2.75) is 89.9 Å². The largest absolute Gasteiger partial charge is 0.370 e. The number of carbonyl (C=O) groups excluding carboxylic acids is 4. The van der Waals surface area contributed by atoms with Gasteiger partial charge in [-0.25, -0.2) is 0 Å². The van der Waals surface area contributed by atoms with Gasteiger partial charge in [0.1, 0.15) is 18.1 Å². The average Bonchev–Trinajstić information content (AvgIpc) is 3.37. The molecule has 14 nitrogen and oxygen atoms in total. The molecule has 0 spiro atoms. The van der Waals surface area contributed by atoms with Crippen LogP contribution in [0.5, 0.6) is 0 Å². The number of amidine groups is 1. The Morgan fingerprint density at radius 2 is 1.27 bits per heavy atom. The molecular formula is C38H58N10O4. The maximum absolute atomic E-state index is 14.0. The van der Waals surface area contributed by atoms with Crippen molar-refractivity contribution in [1.29, 1.82) is 10.8 Å². The van der Waals surface area contributed by atoms with Crippen molar-refractivity contribution in [3.8, 4) is 0 Å². The molecule has 1 saturated heterocycles. The molecule has 0 saturated carbocycles. The van der Waals surface area contributed by atoms with Gasteiger partial charge >= 0.3 is 0 Å². The Bertz CT molecular complexity index is 1470. The fraction of sp³-hybridized carbons (Fsp3) is 0.526. The molecule has 0 bridgehead atoms. The normalized spacial score (nSPS) is 15.4. The highest BCUT2D eigenvalue weighted by Crippen LogP contribution is 2.13. The summed E-state index contributed by atoms with van der Waals surface area (Å²) in [6.45, 7) is 8.19. The first-order valence-corrected chi connectivity index (χ1v) is 18.2. The topological polar surface area (TPSA) is 223 Å². The molecule has 4 amide bonds. The lowest BCUT2D eigenvalue weighted by Crippen LogP contribution is -2.58. The Morgan fingerprint density at radius 3 is 1.87 bits per heavy atom. The predicted molar refractivity (Wildman–Crippen MR) is 203 cm³/mol. The lowest BCUT2D eigenvalue weighted by atomic mass is 9.99. The lowest BCUT2D eigenvalue weighted by molar-refractivity contribution is -0.138. The van der Waals surface area contributed by atoms with Gasteiger partial charge in [-0.15, -0.1) is 0 Å². The number of nitrogens with two attached hydrogens (primary N) is 2. The van der Waals surface area contributed by atoms with Crippen LogP contribution in [0.2, 0.25) is 0 Å². The first-order chi connectivity index (χ1) is 24.8. The van der Waals surface area contributed by atoms with E-state index in [2.05, 4.69) is 21.3 Å². The molecule has 52 heavy (non-hydrogen) atoms. The molecule has 2 aromatic rings. The van der Waals surface area contributed by atoms with Gasteiger partial charge in [0.05, 0.1) is 11.9 Å². The van der Waals surface area contributed by atoms with Crippen molar-refractivity contribution in [2.75, 3.05) is 32.7 Å². The van der Waals surface area contributed by atoms with Crippen LogP contribution < -0.4 is 32.7 Å². The number of benzene rings is 2. The fourth-order valence-electron chi connectivity index (χ4n) is 6.19. The SMILES string of the molecule is CC(=N)N1CCCN(C(=O)[C@@H](CCCCNC(=N)N)NC(=O)[C@@H](CC(C)C)NC(=O)[C@@H](Cc2ccccc2)NC(=O)[C@H](N)Cc2ccccc2)CC1. The molecule has 0 aromatic heterocycles. The van der Waals surface area contributed by atoms with Crippen LogP contribution >= 0.6 is 0 Å². The molecule has 0 radical (unpaired) electrons. The van der Waals surface area contributed by atoms with E-state index < -0.39 is 41.9 Å². The second-order valence-corrected chi connectivity index (χ2v) is 13.9. The minimum absolute atomic E-state index is 0.0188. The monoisotopic (exact) mass is 718 g/mol. The molecule has 2 aromatic carbocycles. The zero-order valence-corrected chi connectivity index (χ0v) is 30.8. The molecule has 10 N–H and O–H groups in total. The van der Waals surface area contributed by atoms with Gasteiger partial charge in [-0.05, 0) is 62.5 Å². The van der Waals surface area contributed by atoms with E-state index in [1.807, 2.05) is 79.4 Å². The van der Waals surface area contributed by atoms with Crippen molar-refractivity contribution < 1.29 is 19.2 Å². The number of amides is 4. The summed E-state index contributed by atoms with van der Waals surface area (Å²) in [6, 6.07) is 15.0. The standard InChI is InChI=1S/C38H58N10O4/c1-26(2)23-32(35(50)44-31(17-10-11-18-43-38(41)42)37(52)48-20-12-19-47(21-22-48)27(3)39)46-36(51)33(25-29-15-8-5-9-16-29)45-34(49)30(40)24-28-13-6-4-7-14-28/h4-9,13-16,26,30-33,39H,10-12,17-25,40H2,1-3H3,(H,44,50)(H,45,49)(H,46,51)(H4,41,42,43)/t30-,31-,32-,33-/m1/s1. The van der Waals surface area contributed by atoms with E-state index in [-0.39, 0.29) is 24.2 Å². The Hall–Kier alpha value is -4.98. The van der Waals surface area contributed by atoms with Gasteiger partial charge in [0, 0.05) is 39.1 Å². The average molecular weight is 719 g/mol. The van der Waals surface area contributed by atoms with Gasteiger partial charge in [-0.3, -0.25) is 30.0 Å². The fourth-order valence-corrected chi connectivity index (χ4v) is 6.19. The first kappa shape index (κ1) is 41.4. The Kier molecular flexibility index (Phi) is 17.1. The minimum atomic E-state index is -1.01. The Balaban J connectivity index is 1.78. The Morgan fingerprint density at radius 1 is 0.731 bits per heavy atom. The zero-order valence-electron chi connectivity index (χ0n) is 30.8. The van der Waals surface area contributed by atoms with Crippen molar-refractivity contribution >= 4 is 35.4 Å². The summed E-state index contributed by atoms with van der Waals surface area (Å²) in [5, 5.41) is 26.9. The van der Waals surface area contributed by atoms with Gasteiger partial charge in [0.25, 0.3) is 0 Å². The highest BCUT2D eigenvalue weighted by Gasteiger charge is 2.33. The van der Waals surface area contributed by atoms with E-state index in [4.69, 9.17) is 22.3 Å². The first-order valence-electron chi connectivity index (χ1n) is 18.2. The highest BCUT2D eigenvalue weighted by atomic mass is 16.2. The van der Waals surface area contributed by atoms with E-state index in [9.17, 15) is 19.2 Å². The predicted octanol–water partition coefficient (Wildman–Crippen LogP) is 1.48. The molecule has 0 aliphatic carbocycles. The van der Waals surface area contributed by atoms with Crippen LogP contribution in [0.25, 0.3) is 0 Å². The van der Waals surface area contributed by atoms with E-state index in [1.165, 1.54) is 0 Å². The van der Waals surface area contributed by atoms with Crippen molar-refractivity contribution in [2.24, 2.45) is 17.4 Å². The van der Waals surface area contributed by atoms with Crippen LogP contribution in [0.3, 0.4) is 0 Å². The molecular weight excluding hydrogens is 660 g/mol. The van der Waals surface area contributed by atoms with E-state index in [0.29, 0.717) is 77.1 Å². The van der Waals surface area contributed by atoms with Gasteiger partial charge in [-0.1, -0.05) is 74.5 Å². The summed E-state index contributed by atoms with van der Waals surface area (Å²) >= 11 is 0. The third kappa shape index (κ3) is 14.3. The summed E-state index contributed by atoms with van der Waals surface area (Å²) < 4.78 is 0. The zero-order chi connectivity index (χ0) is 38.0. The quantitative estimate of drug-likeness (QED) is 0.0639. The smallest absolute Gasteiger partial charge is 0.245 e. The van der Waals surface area contributed by atoms with E-state index in [0.717, 1.165) is 11.1 Å². The molecule has 1 fully saturated rings. The van der Waals surface area contributed by atoms with Crippen molar-refractivity contribution in [3.05, 3.63) is 71.8 Å². The van der Waals surface area contributed by atoms with Gasteiger partial charge in [-0.2, -0.15) is 0 Å². The van der Waals surface area contributed by atoms with Crippen LogP contribution in [0.1, 0.15) is 64.0 Å². The number of carbonyl (C=O) groups is 4. The third-order valence-corrected chi connectivity index (χ3v) is 9.02. The molecule has 1 heterocycles. The molecule has 14 heteroatoms. The lowest BCUT2D eigenvalue weighted by Gasteiger charge is -2.30. The molecule has 1 aliphatic heterocycles. The van der Waals surface area contributed by atoms with Gasteiger partial charge < -0.3 is 42.5 Å². The Labute approximate surface area is 307 Å². The van der Waals surface area contributed by atoms with Crippen LogP contribution in [0.4, 0.5) is 0 Å². The summed E-state index contributed by atoms with van der Waals surface area (Å²) in [5.74, 6) is -1.38. The second-order valence-electron chi connectivity index (χ2n) is 13.9. The number of hydrogen-bond acceptors (Lipinski definition) is 7. The van der Waals surface area contributed by atoms with Crippen LogP contribution in [-0.4, -0.2) is 102 Å². The van der Waals surface area contributed by atoms with Crippen molar-refractivity contribution in [1.82, 2.24) is 31.1 Å². The number of guanidine groups is 1. The summed E-state index contributed by atoms with van der Waals surface area (Å²) in [5.41, 5.74) is 13.4. The minimum Gasteiger partial charge on any atom is -0.370 e. The van der Waals surface area contributed by atoms with E-state index >= 15 is 0 Å². The number of nitrogens with one attached hydrogen (secondary N) is 6. The maximum atomic E-state index is 14.0. The van der Waals surface area contributed by atoms with Crippen molar-refractivity contribution in [3.63, 3.8) is 0 Å². The molecule has 1 aliphatic rings. The van der Waals surface area contributed by atoms with Crippen LogP contribution in [-0.2, 0) is 32.0 Å². The van der Waals surface area contributed by atoms with E-state index in [1.54, 1.807) is 11.8 Å². The second kappa shape index (κ2) is 21.4. The highest BCUT2D eigenvalue weighted by molar-refractivity contribution is 5.95. The maximum Gasteiger partial charge on any atom is 0.245 e. The van der Waals surface area contributed by atoms with Crippen LogP contribution in [0, 0.1) is 16.7 Å². The summed E-state index contributed by atoms with van der Waals surface area (Å²) in [7, 11) is 0. The molecule has 284 valence electrons. The number of hydrogen-bond donors (Lipinski definition) is 8. The molecule has 3 rings (SSSR count). The van der Waals surface area contributed by atoms with Gasteiger partial charge in [0.2, 0.25) is 23.6 Å². The molecule has 4 atom stereocenters. The molecule has 0 unspecified atom stereocenters. The number of unbranched alkanes of at least 4 members (excludes halogenated alkanes) is 1. The third-order valence-electron chi connectivity index (χ3n) is 9.02. The summed E-state index contributed by atoms with van der Waals surface area (Å²) in [4.78, 5) is 58.9. The van der Waals surface area contributed by atoms with Crippen LogP contribution in [0.15, 0.2) is 60.7 Å². The van der Waals surface area contributed by atoms with Gasteiger partial charge in [0.15, 0.2) is 5.96 Å².